The Hall–Kier alpha value is -1.97. The topological polar surface area (TPSA) is 48.4 Å². The van der Waals surface area contributed by atoms with Crippen molar-refractivity contribution >= 4 is 22.6 Å². The fourth-order valence-corrected chi connectivity index (χ4v) is 2.46. The van der Waals surface area contributed by atoms with E-state index in [0.29, 0.717) is 23.1 Å². The molecule has 21 heavy (non-hydrogen) atoms. The van der Waals surface area contributed by atoms with Crippen LogP contribution in [0.15, 0.2) is 52.9 Å². The molecule has 1 aromatic heterocycles. The molecule has 0 radical (unpaired) electrons. The van der Waals surface area contributed by atoms with Crippen LogP contribution in [0.25, 0.3) is 11.0 Å². The Bertz CT molecular complexity index is 733. The first-order chi connectivity index (χ1) is 10.1. The third-order valence-corrected chi connectivity index (χ3v) is 3.61. The third kappa shape index (κ3) is 3.04. The van der Waals surface area contributed by atoms with E-state index in [-0.39, 0.29) is 6.04 Å². The van der Waals surface area contributed by atoms with Crippen LogP contribution in [-0.2, 0) is 0 Å². The summed E-state index contributed by atoms with van der Waals surface area (Å²) in [4.78, 5) is 0. The molecule has 4 heteroatoms. The van der Waals surface area contributed by atoms with Crippen LogP contribution in [0.5, 0.6) is 5.75 Å². The van der Waals surface area contributed by atoms with Gasteiger partial charge in [0.25, 0.3) is 0 Å². The molecule has 1 heterocycles. The average molecular weight is 302 g/mol. The first kappa shape index (κ1) is 14.0. The summed E-state index contributed by atoms with van der Waals surface area (Å²) in [6.45, 7) is 2.29. The van der Waals surface area contributed by atoms with Gasteiger partial charge in [-0.3, -0.25) is 0 Å². The fourth-order valence-electron chi connectivity index (χ4n) is 2.17. The highest BCUT2D eigenvalue weighted by atomic mass is 35.5. The average Bonchev–Trinajstić information content (AvgIpc) is 2.90. The van der Waals surface area contributed by atoms with Gasteiger partial charge in [-0.1, -0.05) is 35.9 Å². The van der Waals surface area contributed by atoms with Crippen LogP contribution in [0, 0.1) is 6.92 Å². The number of halogens is 1. The number of furan rings is 1. The van der Waals surface area contributed by atoms with E-state index in [1.54, 1.807) is 0 Å². The summed E-state index contributed by atoms with van der Waals surface area (Å²) in [5, 5.41) is 1.63. The lowest BCUT2D eigenvalue weighted by Crippen LogP contribution is -2.18. The molecule has 3 aromatic rings. The maximum atomic E-state index is 6.13. The van der Waals surface area contributed by atoms with Crippen molar-refractivity contribution in [3.63, 3.8) is 0 Å². The van der Waals surface area contributed by atoms with E-state index >= 15 is 0 Å². The molecule has 0 aliphatic rings. The molecule has 3 rings (SSSR count). The van der Waals surface area contributed by atoms with Gasteiger partial charge in [0.2, 0.25) is 0 Å². The molecule has 1 atom stereocenters. The van der Waals surface area contributed by atoms with Crippen molar-refractivity contribution in [1.82, 2.24) is 0 Å². The van der Waals surface area contributed by atoms with E-state index < -0.39 is 0 Å². The highest BCUT2D eigenvalue weighted by molar-refractivity contribution is 6.32. The SMILES string of the molecule is Cc1ccc(OCC(N)c2cc3ccccc3o2)c(Cl)c1. The van der Waals surface area contributed by atoms with Crippen LogP contribution < -0.4 is 10.5 Å². The van der Waals surface area contributed by atoms with E-state index in [1.807, 2.05) is 55.5 Å². The fraction of sp³-hybridized carbons (Fsp3) is 0.176. The maximum absolute atomic E-state index is 6.13. The van der Waals surface area contributed by atoms with E-state index in [0.717, 1.165) is 16.5 Å². The molecule has 108 valence electrons. The quantitative estimate of drug-likeness (QED) is 0.773. The molecule has 0 bridgehead atoms. The summed E-state index contributed by atoms with van der Waals surface area (Å²) >= 11 is 6.13. The van der Waals surface area contributed by atoms with Crippen molar-refractivity contribution in [3.05, 3.63) is 64.9 Å². The minimum atomic E-state index is -0.338. The number of hydrogen-bond acceptors (Lipinski definition) is 3. The molecule has 0 aliphatic carbocycles. The van der Waals surface area contributed by atoms with Crippen LogP contribution >= 0.6 is 11.6 Å². The van der Waals surface area contributed by atoms with Crippen molar-refractivity contribution in [2.45, 2.75) is 13.0 Å². The van der Waals surface area contributed by atoms with Crippen LogP contribution in [0.4, 0.5) is 0 Å². The number of fused-ring (bicyclic) bond motifs is 1. The summed E-state index contributed by atoms with van der Waals surface area (Å²) in [7, 11) is 0. The summed E-state index contributed by atoms with van der Waals surface area (Å²) in [5.41, 5.74) is 8.05. The zero-order chi connectivity index (χ0) is 14.8. The summed E-state index contributed by atoms with van der Waals surface area (Å²) < 4.78 is 11.4. The lowest BCUT2D eigenvalue weighted by Gasteiger charge is -2.12. The Morgan fingerprint density at radius 3 is 2.76 bits per heavy atom. The van der Waals surface area contributed by atoms with E-state index in [9.17, 15) is 0 Å². The molecule has 0 saturated heterocycles. The van der Waals surface area contributed by atoms with Crippen molar-refractivity contribution < 1.29 is 9.15 Å². The number of rotatable bonds is 4. The molecule has 2 N–H and O–H groups in total. The maximum Gasteiger partial charge on any atom is 0.138 e. The predicted octanol–water partition coefficient (Wildman–Crippen LogP) is 4.47. The summed E-state index contributed by atoms with van der Waals surface area (Å²) in [6.07, 6.45) is 0. The molecule has 3 nitrogen and oxygen atoms in total. The predicted molar refractivity (Wildman–Crippen MR) is 84.8 cm³/mol. The molecule has 0 spiro atoms. The number of benzene rings is 2. The lowest BCUT2D eigenvalue weighted by molar-refractivity contribution is 0.275. The number of nitrogens with two attached hydrogens (primary N) is 1. The number of aryl methyl sites for hydroxylation is 1. The van der Waals surface area contributed by atoms with Gasteiger partial charge in [-0.2, -0.15) is 0 Å². The van der Waals surface area contributed by atoms with E-state index in [2.05, 4.69) is 0 Å². The van der Waals surface area contributed by atoms with Crippen molar-refractivity contribution in [1.29, 1.82) is 0 Å². The highest BCUT2D eigenvalue weighted by Gasteiger charge is 2.13. The number of ether oxygens (including phenoxy) is 1. The van der Waals surface area contributed by atoms with Crippen molar-refractivity contribution in [2.75, 3.05) is 6.61 Å². The molecule has 0 fully saturated rings. The molecule has 0 aliphatic heterocycles. The standard InChI is InChI=1S/C17H16ClNO2/c1-11-6-7-16(13(18)8-11)20-10-14(19)17-9-12-4-2-3-5-15(12)21-17/h2-9,14H,10,19H2,1H3. The summed E-state index contributed by atoms with van der Waals surface area (Å²) in [5.74, 6) is 1.34. The normalized spacial score (nSPS) is 12.5. The molecule has 1 unspecified atom stereocenters. The molecule has 0 amide bonds. The second-order valence-electron chi connectivity index (χ2n) is 5.04. The first-order valence-electron chi connectivity index (χ1n) is 6.76. The van der Waals surface area contributed by atoms with Gasteiger partial charge in [-0.15, -0.1) is 0 Å². The third-order valence-electron chi connectivity index (χ3n) is 3.32. The minimum Gasteiger partial charge on any atom is -0.490 e. The van der Waals surface area contributed by atoms with Crippen molar-refractivity contribution in [2.24, 2.45) is 5.73 Å². The highest BCUT2D eigenvalue weighted by Crippen LogP contribution is 2.27. The monoisotopic (exact) mass is 301 g/mol. The van der Waals surface area contributed by atoms with Gasteiger partial charge >= 0.3 is 0 Å². The lowest BCUT2D eigenvalue weighted by atomic mass is 10.2. The van der Waals surface area contributed by atoms with Gasteiger partial charge in [0.05, 0.1) is 11.1 Å². The van der Waals surface area contributed by atoms with Crippen LogP contribution in [0.3, 0.4) is 0 Å². The van der Waals surface area contributed by atoms with Gasteiger partial charge in [-0.25, -0.2) is 0 Å². The Kier molecular flexibility index (Phi) is 3.86. The molecular formula is C17H16ClNO2. The zero-order valence-corrected chi connectivity index (χ0v) is 12.4. The van der Waals surface area contributed by atoms with E-state index in [1.165, 1.54) is 0 Å². The smallest absolute Gasteiger partial charge is 0.138 e. The first-order valence-corrected chi connectivity index (χ1v) is 7.14. The van der Waals surface area contributed by atoms with Crippen molar-refractivity contribution in [3.8, 4) is 5.75 Å². The van der Waals surface area contributed by atoms with E-state index in [4.69, 9.17) is 26.5 Å². The Morgan fingerprint density at radius 1 is 1.19 bits per heavy atom. The van der Waals surface area contributed by atoms with Gasteiger partial charge in [-0.05, 0) is 36.8 Å². The molecular weight excluding hydrogens is 286 g/mol. The second kappa shape index (κ2) is 5.80. The number of hydrogen-bond donors (Lipinski definition) is 1. The number of para-hydroxylation sites is 1. The minimum absolute atomic E-state index is 0.308. The zero-order valence-electron chi connectivity index (χ0n) is 11.7. The molecule has 2 aromatic carbocycles. The Labute approximate surface area is 128 Å². The van der Waals surface area contributed by atoms with Crippen LogP contribution in [0.2, 0.25) is 5.02 Å². The van der Waals surface area contributed by atoms with Gasteiger partial charge in [0.15, 0.2) is 0 Å². The van der Waals surface area contributed by atoms with Gasteiger partial charge < -0.3 is 14.9 Å². The van der Waals surface area contributed by atoms with Gasteiger partial charge in [0, 0.05) is 5.39 Å². The summed E-state index contributed by atoms with van der Waals surface area (Å²) in [6, 6.07) is 15.1. The second-order valence-corrected chi connectivity index (χ2v) is 5.45. The van der Waals surface area contributed by atoms with Crippen LogP contribution in [-0.4, -0.2) is 6.61 Å². The Balaban J connectivity index is 1.72. The molecule has 0 saturated carbocycles. The Morgan fingerprint density at radius 2 is 2.00 bits per heavy atom. The van der Waals surface area contributed by atoms with Gasteiger partial charge in [0.1, 0.15) is 23.7 Å². The largest absolute Gasteiger partial charge is 0.490 e. The van der Waals surface area contributed by atoms with Crippen LogP contribution in [0.1, 0.15) is 17.4 Å².